The molecule has 1 aliphatic heterocycles. The molecule has 0 spiro atoms. The number of carbonyl (C=O) groups is 1. The first kappa shape index (κ1) is 5.42. The Balaban J connectivity index is 2.15. The van der Waals surface area contributed by atoms with Crippen LogP contribution in [0.15, 0.2) is 0 Å². The molecule has 1 saturated heterocycles. The van der Waals surface area contributed by atoms with Crippen molar-refractivity contribution in [1.82, 2.24) is 5.32 Å². The van der Waals surface area contributed by atoms with Crippen molar-refractivity contribution in [2.75, 3.05) is 6.54 Å². The van der Waals surface area contributed by atoms with Crippen molar-refractivity contribution in [3.63, 3.8) is 0 Å². The number of carbonyl (C=O) groups excluding carboxylic acids is 1. The standard InChI is InChI=1S/C7H11NO/c9-6-2-1-5-3-4-8-7(5)6/h5,7-8H,1-4H2/t5-,7+/m1/s1. The SMILES string of the molecule is O=C1CC[C@@H]2CCN[C@H]12. The highest BCUT2D eigenvalue weighted by molar-refractivity contribution is 5.86. The van der Waals surface area contributed by atoms with Gasteiger partial charge in [0.1, 0.15) is 5.78 Å². The zero-order chi connectivity index (χ0) is 6.27. The largest absolute Gasteiger partial charge is 0.307 e. The summed E-state index contributed by atoms with van der Waals surface area (Å²) in [5.74, 6) is 1.13. The Hall–Kier alpha value is -0.370. The van der Waals surface area contributed by atoms with Crippen LogP contribution in [0, 0.1) is 5.92 Å². The summed E-state index contributed by atoms with van der Waals surface area (Å²) in [6.45, 7) is 1.06. The van der Waals surface area contributed by atoms with Gasteiger partial charge in [-0.3, -0.25) is 4.79 Å². The van der Waals surface area contributed by atoms with Gasteiger partial charge in [0.05, 0.1) is 6.04 Å². The van der Waals surface area contributed by atoms with E-state index in [9.17, 15) is 4.79 Å². The normalized spacial score (nSPS) is 41.6. The second kappa shape index (κ2) is 1.81. The van der Waals surface area contributed by atoms with Crippen molar-refractivity contribution in [3.8, 4) is 0 Å². The second-order valence-electron chi connectivity index (χ2n) is 2.99. The van der Waals surface area contributed by atoms with Crippen LogP contribution in [-0.2, 0) is 4.79 Å². The van der Waals surface area contributed by atoms with Crippen LogP contribution in [0.2, 0.25) is 0 Å². The molecule has 0 aromatic carbocycles. The summed E-state index contributed by atoms with van der Waals surface area (Å²) in [6.07, 6.45) is 3.18. The molecule has 0 aromatic rings. The summed E-state index contributed by atoms with van der Waals surface area (Å²) in [6, 6.07) is 0.255. The van der Waals surface area contributed by atoms with E-state index in [4.69, 9.17) is 0 Å². The van der Waals surface area contributed by atoms with Gasteiger partial charge in [-0.15, -0.1) is 0 Å². The summed E-state index contributed by atoms with van der Waals surface area (Å²) in [4.78, 5) is 11.0. The quantitative estimate of drug-likeness (QED) is 0.505. The van der Waals surface area contributed by atoms with Crippen LogP contribution in [0.1, 0.15) is 19.3 Å². The Morgan fingerprint density at radius 2 is 2.33 bits per heavy atom. The Bertz CT molecular complexity index is 144. The predicted octanol–water partition coefficient (Wildman–Crippen LogP) is 0.327. The molecule has 1 aliphatic carbocycles. The van der Waals surface area contributed by atoms with E-state index in [1.807, 2.05) is 0 Å². The monoisotopic (exact) mass is 125 g/mol. The number of hydrogen-bond donors (Lipinski definition) is 1. The van der Waals surface area contributed by atoms with Gasteiger partial charge in [-0.2, -0.15) is 0 Å². The zero-order valence-corrected chi connectivity index (χ0v) is 5.39. The van der Waals surface area contributed by atoms with Gasteiger partial charge in [0.2, 0.25) is 0 Å². The lowest BCUT2D eigenvalue weighted by Gasteiger charge is -2.03. The van der Waals surface area contributed by atoms with Gasteiger partial charge >= 0.3 is 0 Å². The molecule has 2 nitrogen and oxygen atoms in total. The third-order valence-corrected chi connectivity index (χ3v) is 2.46. The molecule has 50 valence electrons. The van der Waals surface area contributed by atoms with E-state index in [2.05, 4.69) is 5.32 Å². The third kappa shape index (κ3) is 0.697. The lowest BCUT2D eigenvalue weighted by Crippen LogP contribution is -2.29. The summed E-state index contributed by atoms with van der Waals surface area (Å²) in [5, 5.41) is 3.22. The van der Waals surface area contributed by atoms with Gasteiger partial charge in [-0.1, -0.05) is 0 Å². The number of ketones is 1. The molecule has 0 bridgehead atoms. The minimum Gasteiger partial charge on any atom is -0.307 e. The van der Waals surface area contributed by atoms with E-state index in [1.54, 1.807) is 0 Å². The molecule has 2 aliphatic rings. The van der Waals surface area contributed by atoms with Gasteiger partial charge in [0.25, 0.3) is 0 Å². The first-order valence-corrected chi connectivity index (χ1v) is 3.64. The molecule has 0 amide bonds. The van der Waals surface area contributed by atoms with Gasteiger partial charge < -0.3 is 5.32 Å². The van der Waals surface area contributed by atoms with Gasteiger partial charge in [0, 0.05) is 6.42 Å². The van der Waals surface area contributed by atoms with Crippen molar-refractivity contribution >= 4 is 5.78 Å². The molecule has 0 aromatic heterocycles. The van der Waals surface area contributed by atoms with Crippen LogP contribution in [-0.4, -0.2) is 18.4 Å². The van der Waals surface area contributed by atoms with Crippen LogP contribution >= 0.6 is 0 Å². The van der Waals surface area contributed by atoms with Crippen molar-refractivity contribution in [2.24, 2.45) is 5.92 Å². The first-order valence-electron chi connectivity index (χ1n) is 3.64. The van der Waals surface area contributed by atoms with Gasteiger partial charge in [0.15, 0.2) is 0 Å². The van der Waals surface area contributed by atoms with E-state index in [-0.39, 0.29) is 6.04 Å². The van der Waals surface area contributed by atoms with Gasteiger partial charge in [-0.25, -0.2) is 0 Å². The highest BCUT2D eigenvalue weighted by Crippen LogP contribution is 2.28. The van der Waals surface area contributed by atoms with E-state index in [0.29, 0.717) is 11.7 Å². The number of hydrogen-bond acceptors (Lipinski definition) is 2. The van der Waals surface area contributed by atoms with Crippen LogP contribution in [0.3, 0.4) is 0 Å². The predicted molar refractivity (Wildman–Crippen MR) is 34.1 cm³/mol. The molecule has 2 atom stereocenters. The average molecular weight is 125 g/mol. The number of nitrogens with one attached hydrogen (secondary N) is 1. The van der Waals surface area contributed by atoms with Crippen molar-refractivity contribution in [3.05, 3.63) is 0 Å². The molecule has 1 heterocycles. The maximum Gasteiger partial charge on any atom is 0.150 e. The fraction of sp³-hybridized carbons (Fsp3) is 0.857. The van der Waals surface area contributed by atoms with E-state index in [1.165, 1.54) is 6.42 Å². The Kier molecular flexibility index (Phi) is 1.09. The third-order valence-electron chi connectivity index (χ3n) is 2.46. The van der Waals surface area contributed by atoms with Crippen LogP contribution < -0.4 is 5.32 Å². The first-order chi connectivity index (χ1) is 4.38. The molecular weight excluding hydrogens is 114 g/mol. The maximum absolute atomic E-state index is 11.0. The molecule has 2 rings (SSSR count). The van der Waals surface area contributed by atoms with Crippen molar-refractivity contribution in [2.45, 2.75) is 25.3 Å². The molecule has 0 radical (unpaired) electrons. The molecule has 2 heteroatoms. The lowest BCUT2D eigenvalue weighted by atomic mass is 10.1. The molecule has 9 heavy (non-hydrogen) atoms. The highest BCUT2D eigenvalue weighted by atomic mass is 16.1. The summed E-state index contributed by atoms with van der Waals surface area (Å²) in [5.41, 5.74) is 0. The zero-order valence-electron chi connectivity index (χ0n) is 5.39. The summed E-state index contributed by atoms with van der Waals surface area (Å²) in [7, 11) is 0. The van der Waals surface area contributed by atoms with E-state index in [0.717, 1.165) is 19.4 Å². The topological polar surface area (TPSA) is 29.1 Å². The smallest absolute Gasteiger partial charge is 0.150 e. The Labute approximate surface area is 54.6 Å². The number of Topliss-reactive ketones (excluding diaryl/α,β-unsaturated/α-hetero) is 1. The molecule has 1 saturated carbocycles. The summed E-state index contributed by atoms with van der Waals surface area (Å²) < 4.78 is 0. The number of rotatable bonds is 0. The van der Waals surface area contributed by atoms with E-state index >= 15 is 0 Å². The average Bonchev–Trinajstić information content (AvgIpc) is 2.35. The molecular formula is C7H11NO. The number of fused-ring (bicyclic) bond motifs is 1. The van der Waals surface area contributed by atoms with Crippen LogP contribution in [0.4, 0.5) is 0 Å². The minimum atomic E-state index is 0.255. The Morgan fingerprint density at radius 1 is 1.44 bits per heavy atom. The lowest BCUT2D eigenvalue weighted by molar-refractivity contribution is -0.119. The maximum atomic E-state index is 11.0. The Morgan fingerprint density at radius 3 is 3.11 bits per heavy atom. The van der Waals surface area contributed by atoms with Crippen LogP contribution in [0.25, 0.3) is 0 Å². The van der Waals surface area contributed by atoms with Crippen molar-refractivity contribution < 1.29 is 4.79 Å². The highest BCUT2D eigenvalue weighted by Gasteiger charge is 2.37. The summed E-state index contributed by atoms with van der Waals surface area (Å²) >= 11 is 0. The fourth-order valence-corrected chi connectivity index (χ4v) is 1.93. The fourth-order valence-electron chi connectivity index (χ4n) is 1.93. The molecule has 0 unspecified atom stereocenters. The molecule has 1 N–H and O–H groups in total. The second-order valence-corrected chi connectivity index (χ2v) is 2.99. The van der Waals surface area contributed by atoms with Crippen LogP contribution in [0.5, 0.6) is 0 Å². The molecule has 2 fully saturated rings. The minimum absolute atomic E-state index is 0.255. The van der Waals surface area contributed by atoms with E-state index < -0.39 is 0 Å². The van der Waals surface area contributed by atoms with Crippen molar-refractivity contribution in [1.29, 1.82) is 0 Å². The van der Waals surface area contributed by atoms with Gasteiger partial charge in [-0.05, 0) is 25.3 Å².